The molecule has 0 bridgehead atoms. The van der Waals surface area contributed by atoms with Gasteiger partial charge in [-0.3, -0.25) is 9.58 Å². The van der Waals surface area contributed by atoms with E-state index in [9.17, 15) is 10.1 Å². The summed E-state index contributed by atoms with van der Waals surface area (Å²) in [5.41, 5.74) is 3.88. The number of rotatable bonds is 3. The first-order chi connectivity index (χ1) is 13.1. The van der Waals surface area contributed by atoms with Gasteiger partial charge in [-0.15, -0.1) is 0 Å². The number of urea groups is 1. The Bertz CT molecular complexity index is 953. The van der Waals surface area contributed by atoms with Gasteiger partial charge in [0.25, 0.3) is 0 Å². The lowest BCUT2D eigenvalue weighted by Gasteiger charge is -2.40. The average Bonchev–Trinajstić information content (AvgIpc) is 3.34. The van der Waals surface area contributed by atoms with Gasteiger partial charge in [0.15, 0.2) is 0 Å². The van der Waals surface area contributed by atoms with Crippen LogP contribution in [0.2, 0.25) is 0 Å². The van der Waals surface area contributed by atoms with E-state index in [0.717, 1.165) is 56.1 Å². The van der Waals surface area contributed by atoms with Crippen LogP contribution in [-0.4, -0.2) is 58.9 Å². The number of nitriles is 1. The maximum Gasteiger partial charge on any atom is 0.324 e. The lowest BCUT2D eigenvalue weighted by Crippen LogP contribution is -2.48. The molecule has 2 fully saturated rings. The standard InChI is InChI=1S/C19H21N7O/c1-23-5-6-25(19(23)27)15-9-21-26(12-15)16-10-24(11-16)18-14(8-20)7-13-3-2-4-17(13)22-18/h7,9,12,16H,2-6,10-11H2,1H3. The number of anilines is 2. The molecule has 2 amide bonds. The number of aromatic nitrogens is 3. The fourth-order valence-corrected chi connectivity index (χ4v) is 4.13. The van der Waals surface area contributed by atoms with E-state index in [1.54, 1.807) is 16.0 Å². The van der Waals surface area contributed by atoms with Gasteiger partial charge in [0, 0.05) is 45.1 Å². The first-order valence-electron chi connectivity index (χ1n) is 9.38. The van der Waals surface area contributed by atoms with Crippen molar-refractivity contribution < 1.29 is 4.79 Å². The summed E-state index contributed by atoms with van der Waals surface area (Å²) < 4.78 is 1.93. The van der Waals surface area contributed by atoms with E-state index in [4.69, 9.17) is 4.98 Å². The third-order valence-electron chi connectivity index (χ3n) is 5.80. The predicted octanol–water partition coefficient (Wildman–Crippen LogP) is 1.57. The Hall–Kier alpha value is -3.08. The number of fused-ring (bicyclic) bond motifs is 1. The first-order valence-corrected chi connectivity index (χ1v) is 9.38. The minimum absolute atomic E-state index is 0.0192. The highest BCUT2D eigenvalue weighted by atomic mass is 16.2. The fraction of sp³-hybridized carbons (Fsp3) is 0.474. The molecule has 0 spiro atoms. The predicted molar refractivity (Wildman–Crippen MR) is 99.8 cm³/mol. The maximum atomic E-state index is 12.1. The Kier molecular flexibility index (Phi) is 3.57. The molecule has 0 aromatic carbocycles. The third-order valence-corrected chi connectivity index (χ3v) is 5.80. The molecule has 2 aromatic rings. The van der Waals surface area contributed by atoms with Gasteiger partial charge in [-0.2, -0.15) is 10.4 Å². The summed E-state index contributed by atoms with van der Waals surface area (Å²) >= 11 is 0. The van der Waals surface area contributed by atoms with Crippen molar-refractivity contribution in [3.63, 3.8) is 0 Å². The summed E-state index contributed by atoms with van der Waals surface area (Å²) in [5, 5.41) is 14.0. The van der Waals surface area contributed by atoms with Gasteiger partial charge in [0.1, 0.15) is 11.9 Å². The van der Waals surface area contributed by atoms with Crippen LogP contribution in [0.1, 0.15) is 29.3 Å². The van der Waals surface area contributed by atoms with E-state index in [1.165, 1.54) is 5.56 Å². The van der Waals surface area contributed by atoms with Crippen LogP contribution in [0.25, 0.3) is 0 Å². The Balaban J connectivity index is 1.31. The lowest BCUT2D eigenvalue weighted by molar-refractivity contribution is 0.229. The second kappa shape index (κ2) is 5.98. The number of amides is 2. The van der Waals surface area contributed by atoms with Crippen molar-refractivity contribution in [3.8, 4) is 6.07 Å². The number of hydrogen-bond donors (Lipinski definition) is 0. The molecule has 0 saturated carbocycles. The molecule has 1 aliphatic carbocycles. The summed E-state index contributed by atoms with van der Waals surface area (Å²) in [5.74, 6) is 0.804. The third kappa shape index (κ3) is 2.53. The quantitative estimate of drug-likeness (QED) is 0.827. The fourth-order valence-electron chi connectivity index (χ4n) is 4.13. The molecule has 4 heterocycles. The molecule has 0 atom stereocenters. The molecule has 5 rings (SSSR count). The van der Waals surface area contributed by atoms with Crippen LogP contribution in [0, 0.1) is 11.3 Å². The molecule has 0 unspecified atom stereocenters. The van der Waals surface area contributed by atoms with Gasteiger partial charge in [-0.1, -0.05) is 0 Å². The van der Waals surface area contributed by atoms with E-state index in [2.05, 4.69) is 16.1 Å². The summed E-state index contributed by atoms with van der Waals surface area (Å²) in [6.45, 7) is 2.98. The van der Waals surface area contributed by atoms with Crippen LogP contribution in [0.15, 0.2) is 18.5 Å². The number of pyridine rings is 1. The maximum absolute atomic E-state index is 12.1. The van der Waals surface area contributed by atoms with Crippen molar-refractivity contribution in [2.75, 3.05) is 43.0 Å². The Morgan fingerprint density at radius 2 is 2.11 bits per heavy atom. The van der Waals surface area contributed by atoms with Crippen LogP contribution in [0.5, 0.6) is 0 Å². The van der Waals surface area contributed by atoms with Crippen molar-refractivity contribution in [2.24, 2.45) is 0 Å². The van der Waals surface area contributed by atoms with Crippen LogP contribution in [0.4, 0.5) is 16.3 Å². The SMILES string of the molecule is CN1CCN(c2cnn(C3CN(c4nc5c(cc4C#N)CCC5)C3)c2)C1=O. The second-order valence-electron chi connectivity index (χ2n) is 7.52. The zero-order chi connectivity index (χ0) is 18.5. The number of likely N-dealkylation sites (N-methyl/N-ethyl adjacent to an activating group) is 1. The molecule has 2 aliphatic heterocycles. The minimum Gasteiger partial charge on any atom is -0.351 e. The van der Waals surface area contributed by atoms with E-state index in [0.29, 0.717) is 12.1 Å². The average molecular weight is 363 g/mol. The molecule has 3 aliphatic rings. The van der Waals surface area contributed by atoms with Crippen LogP contribution in [0.3, 0.4) is 0 Å². The van der Waals surface area contributed by atoms with E-state index in [-0.39, 0.29) is 12.1 Å². The van der Waals surface area contributed by atoms with Gasteiger partial charge in [-0.25, -0.2) is 9.78 Å². The number of nitrogens with zero attached hydrogens (tertiary/aromatic N) is 7. The lowest BCUT2D eigenvalue weighted by atomic mass is 10.1. The highest BCUT2D eigenvalue weighted by molar-refractivity contribution is 5.93. The molecule has 27 heavy (non-hydrogen) atoms. The van der Waals surface area contributed by atoms with Crippen LogP contribution < -0.4 is 9.80 Å². The largest absolute Gasteiger partial charge is 0.351 e. The summed E-state index contributed by atoms with van der Waals surface area (Å²) in [4.78, 5) is 22.5. The van der Waals surface area contributed by atoms with Crippen molar-refractivity contribution in [1.29, 1.82) is 5.26 Å². The summed E-state index contributed by atoms with van der Waals surface area (Å²) in [6, 6.07) is 4.57. The van der Waals surface area contributed by atoms with E-state index >= 15 is 0 Å². The smallest absolute Gasteiger partial charge is 0.324 e. The molecule has 8 heteroatoms. The first kappa shape index (κ1) is 16.1. The van der Waals surface area contributed by atoms with Crippen molar-refractivity contribution in [3.05, 3.63) is 35.3 Å². The number of carbonyl (C=O) groups is 1. The zero-order valence-corrected chi connectivity index (χ0v) is 15.3. The van der Waals surface area contributed by atoms with Gasteiger partial charge in [-0.05, 0) is 30.9 Å². The molecule has 8 nitrogen and oxygen atoms in total. The number of aryl methyl sites for hydroxylation is 2. The van der Waals surface area contributed by atoms with E-state index in [1.807, 2.05) is 24.0 Å². The molecular weight excluding hydrogens is 342 g/mol. The number of hydrogen-bond acceptors (Lipinski definition) is 5. The Labute approximate surface area is 157 Å². The Morgan fingerprint density at radius 3 is 2.85 bits per heavy atom. The van der Waals surface area contributed by atoms with Crippen LogP contribution >= 0.6 is 0 Å². The monoisotopic (exact) mass is 363 g/mol. The van der Waals surface area contributed by atoms with Gasteiger partial charge in [0.05, 0.1) is 23.5 Å². The van der Waals surface area contributed by atoms with Gasteiger partial charge < -0.3 is 9.80 Å². The Morgan fingerprint density at radius 1 is 1.26 bits per heavy atom. The van der Waals surface area contributed by atoms with Crippen molar-refractivity contribution >= 4 is 17.5 Å². The second-order valence-corrected chi connectivity index (χ2v) is 7.52. The van der Waals surface area contributed by atoms with E-state index < -0.39 is 0 Å². The highest BCUT2D eigenvalue weighted by Gasteiger charge is 2.34. The minimum atomic E-state index is 0.0192. The summed E-state index contributed by atoms with van der Waals surface area (Å²) in [7, 11) is 1.81. The molecule has 2 saturated heterocycles. The number of carbonyl (C=O) groups excluding carboxylic acids is 1. The van der Waals surface area contributed by atoms with Gasteiger partial charge >= 0.3 is 6.03 Å². The molecule has 0 radical (unpaired) electrons. The van der Waals surface area contributed by atoms with Crippen molar-refractivity contribution in [1.82, 2.24) is 19.7 Å². The zero-order valence-electron chi connectivity index (χ0n) is 15.3. The highest BCUT2D eigenvalue weighted by Crippen LogP contribution is 2.33. The van der Waals surface area contributed by atoms with Crippen molar-refractivity contribution in [2.45, 2.75) is 25.3 Å². The molecule has 138 valence electrons. The van der Waals surface area contributed by atoms with Crippen LogP contribution in [-0.2, 0) is 12.8 Å². The topological polar surface area (TPSA) is 81.3 Å². The normalized spacial score (nSPS) is 19.4. The summed E-state index contributed by atoms with van der Waals surface area (Å²) in [6.07, 6.45) is 6.86. The molecule has 0 N–H and O–H groups in total. The molecular formula is C19H21N7O. The molecule has 2 aromatic heterocycles. The van der Waals surface area contributed by atoms with Gasteiger partial charge in [0.2, 0.25) is 0 Å².